The van der Waals surface area contributed by atoms with Crippen LogP contribution in [0, 0.1) is 0 Å². The normalized spacial score (nSPS) is 20.2. The van der Waals surface area contributed by atoms with Crippen molar-refractivity contribution in [1.82, 2.24) is 4.90 Å². The van der Waals surface area contributed by atoms with Crippen LogP contribution in [-0.4, -0.2) is 35.2 Å². The highest BCUT2D eigenvalue weighted by Crippen LogP contribution is 2.24. The molecule has 1 aromatic rings. The summed E-state index contributed by atoms with van der Waals surface area (Å²) in [6.45, 7) is 8.62. The SMILES string of the molecule is C[C@@H](Nc1ccccc1)[C@@H]1CCCN1C(=O)OC(C)(C)C. The molecule has 4 heteroatoms. The minimum atomic E-state index is -0.444. The molecule has 116 valence electrons. The van der Waals surface area contributed by atoms with Crippen molar-refractivity contribution in [1.29, 1.82) is 0 Å². The molecule has 1 saturated heterocycles. The highest BCUT2D eigenvalue weighted by atomic mass is 16.6. The average Bonchev–Trinajstić information content (AvgIpc) is 2.87. The molecular formula is C17H26N2O2. The summed E-state index contributed by atoms with van der Waals surface area (Å²) in [5, 5.41) is 3.48. The lowest BCUT2D eigenvalue weighted by Gasteiger charge is -2.32. The molecule has 1 aromatic carbocycles. The van der Waals surface area contributed by atoms with Crippen LogP contribution < -0.4 is 5.32 Å². The summed E-state index contributed by atoms with van der Waals surface area (Å²) in [6.07, 6.45) is 1.84. The monoisotopic (exact) mass is 290 g/mol. The maximum Gasteiger partial charge on any atom is 0.410 e. The quantitative estimate of drug-likeness (QED) is 0.918. The van der Waals surface area contributed by atoms with E-state index in [0.717, 1.165) is 25.1 Å². The average molecular weight is 290 g/mol. The van der Waals surface area contributed by atoms with Gasteiger partial charge in [0.05, 0.1) is 6.04 Å². The van der Waals surface area contributed by atoms with Crippen LogP contribution in [-0.2, 0) is 4.74 Å². The number of para-hydroxylation sites is 1. The van der Waals surface area contributed by atoms with Crippen molar-refractivity contribution in [2.45, 2.75) is 58.2 Å². The zero-order valence-corrected chi connectivity index (χ0v) is 13.4. The lowest BCUT2D eigenvalue weighted by molar-refractivity contribution is 0.0216. The van der Waals surface area contributed by atoms with Crippen molar-refractivity contribution >= 4 is 11.8 Å². The van der Waals surface area contributed by atoms with Gasteiger partial charge in [-0.15, -0.1) is 0 Å². The van der Waals surface area contributed by atoms with Crippen LogP contribution in [0.4, 0.5) is 10.5 Å². The van der Waals surface area contributed by atoms with Crippen molar-refractivity contribution in [3.63, 3.8) is 0 Å². The third-order valence-electron chi connectivity index (χ3n) is 3.67. The summed E-state index contributed by atoms with van der Waals surface area (Å²) in [6, 6.07) is 10.5. The van der Waals surface area contributed by atoms with Crippen LogP contribution in [0.25, 0.3) is 0 Å². The molecule has 0 saturated carbocycles. The van der Waals surface area contributed by atoms with E-state index in [-0.39, 0.29) is 18.2 Å². The van der Waals surface area contributed by atoms with E-state index in [4.69, 9.17) is 4.74 Å². The standard InChI is InChI=1S/C17H26N2O2/c1-13(18-14-9-6-5-7-10-14)15-11-8-12-19(15)16(20)21-17(2,3)4/h5-7,9-10,13,15,18H,8,11-12H2,1-4H3/t13-,15+/m1/s1. The first kappa shape index (κ1) is 15.7. The summed E-state index contributed by atoms with van der Waals surface area (Å²) >= 11 is 0. The molecule has 2 rings (SSSR count). The molecule has 0 aliphatic carbocycles. The van der Waals surface area contributed by atoms with E-state index >= 15 is 0 Å². The Balaban J connectivity index is 1.99. The van der Waals surface area contributed by atoms with E-state index in [0.29, 0.717) is 0 Å². The van der Waals surface area contributed by atoms with E-state index in [9.17, 15) is 4.79 Å². The second kappa shape index (κ2) is 6.37. The molecule has 1 fully saturated rings. The van der Waals surface area contributed by atoms with Gasteiger partial charge < -0.3 is 15.0 Å². The largest absolute Gasteiger partial charge is 0.444 e. The number of nitrogens with one attached hydrogen (secondary N) is 1. The number of carbonyl (C=O) groups is 1. The van der Waals surface area contributed by atoms with Gasteiger partial charge in [-0.3, -0.25) is 0 Å². The second-order valence-electron chi connectivity index (χ2n) is 6.68. The highest BCUT2D eigenvalue weighted by Gasteiger charge is 2.35. The summed E-state index contributed by atoms with van der Waals surface area (Å²) in [5.41, 5.74) is 0.640. The van der Waals surface area contributed by atoms with Gasteiger partial charge in [-0.05, 0) is 52.7 Å². The molecule has 1 aliphatic rings. The first-order chi connectivity index (χ1) is 9.87. The lowest BCUT2D eigenvalue weighted by Crippen LogP contribution is -2.46. The molecule has 1 amide bonds. The predicted octanol–water partition coefficient (Wildman–Crippen LogP) is 3.89. The molecule has 0 unspecified atom stereocenters. The number of hydrogen-bond donors (Lipinski definition) is 1. The number of ether oxygens (including phenoxy) is 1. The van der Waals surface area contributed by atoms with Gasteiger partial charge in [0.1, 0.15) is 5.60 Å². The van der Waals surface area contributed by atoms with E-state index < -0.39 is 5.60 Å². The molecule has 1 heterocycles. The summed E-state index contributed by atoms with van der Waals surface area (Å²) in [4.78, 5) is 14.2. The van der Waals surface area contributed by atoms with Gasteiger partial charge in [-0.1, -0.05) is 18.2 Å². The van der Waals surface area contributed by atoms with Crippen molar-refractivity contribution in [2.24, 2.45) is 0 Å². The van der Waals surface area contributed by atoms with Crippen molar-refractivity contribution in [2.75, 3.05) is 11.9 Å². The number of likely N-dealkylation sites (tertiary alicyclic amines) is 1. The Morgan fingerprint density at radius 1 is 1.33 bits per heavy atom. The van der Waals surface area contributed by atoms with Crippen molar-refractivity contribution < 1.29 is 9.53 Å². The zero-order chi connectivity index (χ0) is 15.5. The molecular weight excluding hydrogens is 264 g/mol. The highest BCUT2D eigenvalue weighted by molar-refractivity contribution is 5.69. The first-order valence-corrected chi connectivity index (χ1v) is 7.68. The predicted molar refractivity (Wildman–Crippen MR) is 85.5 cm³/mol. The van der Waals surface area contributed by atoms with Crippen LogP contribution >= 0.6 is 0 Å². The molecule has 1 aliphatic heterocycles. The first-order valence-electron chi connectivity index (χ1n) is 7.68. The van der Waals surface area contributed by atoms with Gasteiger partial charge >= 0.3 is 6.09 Å². The minimum Gasteiger partial charge on any atom is -0.444 e. The Morgan fingerprint density at radius 2 is 2.00 bits per heavy atom. The lowest BCUT2D eigenvalue weighted by atomic mass is 10.1. The number of benzene rings is 1. The fourth-order valence-electron chi connectivity index (χ4n) is 2.75. The third-order valence-corrected chi connectivity index (χ3v) is 3.67. The second-order valence-corrected chi connectivity index (χ2v) is 6.68. The van der Waals surface area contributed by atoms with Crippen LogP contribution in [0.5, 0.6) is 0 Å². The summed E-state index contributed by atoms with van der Waals surface area (Å²) < 4.78 is 5.51. The molecule has 0 spiro atoms. The van der Waals surface area contributed by atoms with Crippen molar-refractivity contribution in [3.05, 3.63) is 30.3 Å². The van der Waals surface area contributed by atoms with Crippen LogP contribution in [0.15, 0.2) is 30.3 Å². The topological polar surface area (TPSA) is 41.6 Å². The number of anilines is 1. The van der Waals surface area contributed by atoms with Crippen LogP contribution in [0.1, 0.15) is 40.5 Å². The van der Waals surface area contributed by atoms with Crippen LogP contribution in [0.3, 0.4) is 0 Å². The number of rotatable bonds is 3. The van der Waals surface area contributed by atoms with Gasteiger partial charge in [-0.25, -0.2) is 4.79 Å². The maximum atomic E-state index is 12.3. The van der Waals surface area contributed by atoms with Gasteiger partial charge in [0, 0.05) is 18.3 Å². The van der Waals surface area contributed by atoms with E-state index in [1.54, 1.807) is 0 Å². The molecule has 1 N–H and O–H groups in total. The Morgan fingerprint density at radius 3 is 2.62 bits per heavy atom. The fourth-order valence-corrected chi connectivity index (χ4v) is 2.75. The number of amides is 1. The smallest absolute Gasteiger partial charge is 0.410 e. The molecule has 0 bridgehead atoms. The number of hydrogen-bond acceptors (Lipinski definition) is 3. The Kier molecular flexibility index (Phi) is 4.76. The van der Waals surface area contributed by atoms with E-state index in [1.165, 1.54) is 0 Å². The molecule has 2 atom stereocenters. The van der Waals surface area contributed by atoms with Gasteiger partial charge in [0.25, 0.3) is 0 Å². The Bertz CT molecular complexity index is 467. The molecule has 4 nitrogen and oxygen atoms in total. The minimum absolute atomic E-state index is 0.181. The van der Waals surface area contributed by atoms with Crippen molar-refractivity contribution in [3.8, 4) is 0 Å². The molecule has 0 aromatic heterocycles. The Labute approximate surface area is 127 Å². The number of nitrogens with zero attached hydrogens (tertiary/aromatic N) is 1. The van der Waals surface area contributed by atoms with E-state index in [2.05, 4.69) is 12.2 Å². The number of carbonyl (C=O) groups excluding carboxylic acids is 1. The fraction of sp³-hybridized carbons (Fsp3) is 0.588. The maximum absolute atomic E-state index is 12.3. The zero-order valence-electron chi connectivity index (χ0n) is 13.4. The van der Waals surface area contributed by atoms with Crippen LogP contribution in [0.2, 0.25) is 0 Å². The third kappa shape index (κ3) is 4.38. The van der Waals surface area contributed by atoms with Gasteiger partial charge in [0.15, 0.2) is 0 Å². The molecule has 21 heavy (non-hydrogen) atoms. The summed E-state index contributed by atoms with van der Waals surface area (Å²) in [7, 11) is 0. The molecule has 0 radical (unpaired) electrons. The van der Waals surface area contributed by atoms with Gasteiger partial charge in [0.2, 0.25) is 0 Å². The van der Waals surface area contributed by atoms with Gasteiger partial charge in [-0.2, -0.15) is 0 Å². The Hall–Kier alpha value is -1.71. The van der Waals surface area contributed by atoms with E-state index in [1.807, 2.05) is 56.0 Å². The summed E-state index contributed by atoms with van der Waals surface area (Å²) in [5.74, 6) is 0.